The van der Waals surface area contributed by atoms with Crippen molar-refractivity contribution in [3.8, 4) is 0 Å². The molecule has 10 heteroatoms. The highest BCUT2D eigenvalue weighted by atomic mass is 35.5. The summed E-state index contributed by atoms with van der Waals surface area (Å²) < 4.78 is 32.2. The van der Waals surface area contributed by atoms with Gasteiger partial charge in [-0.3, -0.25) is 9.59 Å². The Hall–Kier alpha value is -2.36. The third kappa shape index (κ3) is 5.41. The van der Waals surface area contributed by atoms with Gasteiger partial charge in [0.15, 0.2) is 0 Å². The van der Waals surface area contributed by atoms with E-state index >= 15 is 0 Å². The second-order valence-corrected chi connectivity index (χ2v) is 9.56. The van der Waals surface area contributed by atoms with Gasteiger partial charge in [0, 0.05) is 18.1 Å². The molecule has 1 aliphatic heterocycles. The number of hydrogen-bond acceptors (Lipinski definition) is 5. The molecule has 30 heavy (non-hydrogen) atoms. The standard InChI is InChI=1S/C20H24ClN3O5S/c1-14(19(25)22-12-17-5-3-11-29-17)23-20(26)15-4-2-10-24(13-15)30(27,28)18-8-6-16(21)7-9-18/h3,5-9,11,14-15H,2,4,10,12-13H2,1H3,(H,22,25)(H,23,26)/t14-,15?/m1/s1. The van der Waals surface area contributed by atoms with E-state index in [4.69, 9.17) is 16.0 Å². The van der Waals surface area contributed by atoms with Crippen LogP contribution < -0.4 is 10.6 Å². The highest BCUT2D eigenvalue weighted by molar-refractivity contribution is 7.89. The first-order valence-corrected chi connectivity index (χ1v) is 11.5. The Morgan fingerprint density at radius 3 is 2.67 bits per heavy atom. The molecule has 2 atom stereocenters. The predicted molar refractivity (Wildman–Crippen MR) is 111 cm³/mol. The van der Waals surface area contributed by atoms with Gasteiger partial charge in [-0.05, 0) is 56.2 Å². The molecular formula is C20H24ClN3O5S. The summed E-state index contributed by atoms with van der Waals surface area (Å²) in [4.78, 5) is 25.0. The SMILES string of the molecule is C[C@@H](NC(=O)C1CCCN(S(=O)(=O)c2ccc(Cl)cc2)C1)C(=O)NCc1ccco1. The quantitative estimate of drug-likeness (QED) is 0.667. The third-order valence-corrected chi connectivity index (χ3v) is 7.11. The molecule has 162 valence electrons. The van der Waals surface area contributed by atoms with Crippen LogP contribution in [0.1, 0.15) is 25.5 Å². The average molecular weight is 454 g/mol. The molecule has 0 aliphatic carbocycles. The van der Waals surface area contributed by atoms with Crippen molar-refractivity contribution in [2.45, 2.75) is 37.2 Å². The van der Waals surface area contributed by atoms with Crippen molar-refractivity contribution in [1.29, 1.82) is 0 Å². The molecule has 0 bridgehead atoms. The molecule has 3 rings (SSSR count). The van der Waals surface area contributed by atoms with Crippen LogP contribution in [0.2, 0.25) is 5.02 Å². The first kappa shape index (κ1) is 22.3. The van der Waals surface area contributed by atoms with Gasteiger partial charge >= 0.3 is 0 Å². The van der Waals surface area contributed by atoms with Crippen LogP contribution in [-0.4, -0.2) is 43.7 Å². The zero-order chi connectivity index (χ0) is 21.7. The third-order valence-electron chi connectivity index (χ3n) is 4.98. The fourth-order valence-corrected chi connectivity index (χ4v) is 4.92. The fourth-order valence-electron chi connectivity index (χ4n) is 3.27. The molecule has 8 nitrogen and oxygen atoms in total. The van der Waals surface area contributed by atoms with Crippen LogP contribution >= 0.6 is 11.6 Å². The van der Waals surface area contributed by atoms with E-state index in [1.807, 2.05) is 0 Å². The molecule has 1 aliphatic rings. The lowest BCUT2D eigenvalue weighted by Gasteiger charge is -2.31. The minimum Gasteiger partial charge on any atom is -0.467 e. The molecule has 1 aromatic carbocycles. The lowest BCUT2D eigenvalue weighted by Crippen LogP contribution is -2.50. The van der Waals surface area contributed by atoms with E-state index in [2.05, 4.69) is 10.6 Å². The summed E-state index contributed by atoms with van der Waals surface area (Å²) in [5.41, 5.74) is 0. The van der Waals surface area contributed by atoms with Gasteiger partial charge in [-0.2, -0.15) is 4.31 Å². The average Bonchev–Trinajstić information content (AvgIpc) is 3.26. The van der Waals surface area contributed by atoms with E-state index in [0.29, 0.717) is 30.2 Å². The molecule has 2 N–H and O–H groups in total. The molecule has 0 radical (unpaired) electrons. The number of sulfonamides is 1. The van der Waals surface area contributed by atoms with Crippen LogP contribution in [0.4, 0.5) is 0 Å². The molecule has 2 aromatic rings. The van der Waals surface area contributed by atoms with Crippen molar-refractivity contribution >= 4 is 33.4 Å². The number of nitrogens with zero attached hydrogens (tertiary/aromatic N) is 1. The van der Waals surface area contributed by atoms with Crippen molar-refractivity contribution in [1.82, 2.24) is 14.9 Å². The van der Waals surface area contributed by atoms with Crippen molar-refractivity contribution in [3.63, 3.8) is 0 Å². The van der Waals surface area contributed by atoms with Crippen molar-refractivity contribution in [3.05, 3.63) is 53.4 Å². The van der Waals surface area contributed by atoms with Gasteiger partial charge in [0.05, 0.1) is 23.6 Å². The molecule has 1 aromatic heterocycles. The van der Waals surface area contributed by atoms with Gasteiger partial charge in [0.2, 0.25) is 21.8 Å². The number of carbonyl (C=O) groups excluding carboxylic acids is 2. The van der Waals surface area contributed by atoms with E-state index in [1.165, 1.54) is 34.8 Å². The molecule has 2 amide bonds. The number of hydrogen-bond donors (Lipinski definition) is 2. The normalized spacial score (nSPS) is 18.5. The Labute approximate surface area is 180 Å². The molecule has 0 saturated carbocycles. The van der Waals surface area contributed by atoms with Crippen molar-refractivity contribution in [2.75, 3.05) is 13.1 Å². The summed E-state index contributed by atoms with van der Waals surface area (Å²) in [5.74, 6) is -0.605. The summed E-state index contributed by atoms with van der Waals surface area (Å²) in [6, 6.07) is 8.65. The van der Waals surface area contributed by atoms with E-state index in [0.717, 1.165) is 0 Å². The van der Waals surface area contributed by atoms with Gasteiger partial charge in [-0.15, -0.1) is 0 Å². The summed E-state index contributed by atoms with van der Waals surface area (Å²) in [6.45, 7) is 2.22. The minimum atomic E-state index is -3.72. The second kappa shape index (κ2) is 9.63. The summed E-state index contributed by atoms with van der Waals surface area (Å²) in [7, 11) is -3.72. The number of nitrogens with one attached hydrogen (secondary N) is 2. The minimum absolute atomic E-state index is 0.0670. The van der Waals surface area contributed by atoms with Gasteiger partial charge < -0.3 is 15.1 Å². The van der Waals surface area contributed by atoms with Crippen molar-refractivity contribution in [2.24, 2.45) is 5.92 Å². The zero-order valence-corrected chi connectivity index (χ0v) is 18.1. The summed E-state index contributed by atoms with van der Waals surface area (Å²) >= 11 is 5.84. The van der Waals surface area contributed by atoms with Crippen LogP contribution in [0.15, 0.2) is 52.0 Å². The number of benzene rings is 1. The Morgan fingerprint density at radius 2 is 2.00 bits per heavy atom. The Morgan fingerprint density at radius 1 is 1.27 bits per heavy atom. The highest BCUT2D eigenvalue weighted by Crippen LogP contribution is 2.25. The summed E-state index contributed by atoms with van der Waals surface area (Å²) in [6.07, 6.45) is 2.63. The maximum atomic E-state index is 12.9. The molecular weight excluding hydrogens is 430 g/mol. The van der Waals surface area contributed by atoms with E-state index in [9.17, 15) is 18.0 Å². The fraction of sp³-hybridized carbons (Fsp3) is 0.400. The first-order valence-electron chi connectivity index (χ1n) is 9.63. The highest BCUT2D eigenvalue weighted by Gasteiger charge is 2.34. The Bertz CT molecular complexity index is 976. The second-order valence-electron chi connectivity index (χ2n) is 7.18. The Balaban J connectivity index is 1.57. The maximum Gasteiger partial charge on any atom is 0.243 e. The number of halogens is 1. The van der Waals surface area contributed by atoms with E-state index < -0.39 is 22.0 Å². The van der Waals surface area contributed by atoms with Crippen LogP contribution in [0.5, 0.6) is 0 Å². The van der Waals surface area contributed by atoms with Crippen LogP contribution in [-0.2, 0) is 26.2 Å². The number of piperidine rings is 1. The molecule has 2 heterocycles. The first-order chi connectivity index (χ1) is 14.3. The smallest absolute Gasteiger partial charge is 0.243 e. The molecule has 1 fully saturated rings. The van der Waals surface area contributed by atoms with Gasteiger partial charge in [0.1, 0.15) is 11.8 Å². The van der Waals surface area contributed by atoms with Crippen LogP contribution in [0.3, 0.4) is 0 Å². The largest absolute Gasteiger partial charge is 0.467 e. The van der Waals surface area contributed by atoms with Crippen LogP contribution in [0, 0.1) is 5.92 Å². The van der Waals surface area contributed by atoms with Gasteiger partial charge in [0.25, 0.3) is 0 Å². The lowest BCUT2D eigenvalue weighted by atomic mass is 9.98. The Kier molecular flexibility index (Phi) is 7.17. The maximum absolute atomic E-state index is 12.9. The zero-order valence-electron chi connectivity index (χ0n) is 16.5. The van der Waals surface area contributed by atoms with E-state index in [1.54, 1.807) is 19.1 Å². The topological polar surface area (TPSA) is 109 Å². The van der Waals surface area contributed by atoms with Gasteiger partial charge in [-0.25, -0.2) is 8.42 Å². The number of furan rings is 1. The number of amides is 2. The molecule has 0 spiro atoms. The van der Waals surface area contributed by atoms with Crippen LogP contribution in [0.25, 0.3) is 0 Å². The number of rotatable bonds is 7. The lowest BCUT2D eigenvalue weighted by molar-refractivity contribution is -0.131. The van der Waals surface area contributed by atoms with Crippen molar-refractivity contribution < 1.29 is 22.4 Å². The number of carbonyl (C=O) groups is 2. The summed E-state index contributed by atoms with van der Waals surface area (Å²) in [5, 5.41) is 5.81. The molecule has 1 saturated heterocycles. The van der Waals surface area contributed by atoms with E-state index in [-0.39, 0.29) is 29.8 Å². The van der Waals surface area contributed by atoms with Gasteiger partial charge in [-0.1, -0.05) is 11.6 Å². The monoisotopic (exact) mass is 453 g/mol. The molecule has 1 unspecified atom stereocenters. The predicted octanol–water partition coefficient (Wildman–Crippen LogP) is 2.15.